The van der Waals surface area contributed by atoms with Crippen LogP contribution in [0.4, 0.5) is 0 Å². The van der Waals surface area contributed by atoms with Gasteiger partial charge in [0.15, 0.2) is 0 Å². The van der Waals surface area contributed by atoms with Gasteiger partial charge in [-0.15, -0.1) is 0 Å². The van der Waals surface area contributed by atoms with Gasteiger partial charge in [0.2, 0.25) is 0 Å². The van der Waals surface area contributed by atoms with E-state index < -0.39 is 0 Å². The van der Waals surface area contributed by atoms with Crippen molar-refractivity contribution in [2.24, 2.45) is 0 Å². The molecule has 1 aliphatic heterocycles. The second-order valence-corrected chi connectivity index (χ2v) is 9.00. The van der Waals surface area contributed by atoms with Crippen LogP contribution in [0.3, 0.4) is 0 Å². The van der Waals surface area contributed by atoms with Crippen LogP contribution in [0.1, 0.15) is 84.3 Å². The van der Waals surface area contributed by atoms with Crippen LogP contribution in [0.2, 0.25) is 0 Å². The molecule has 4 heteroatoms. The van der Waals surface area contributed by atoms with Gasteiger partial charge in [0, 0.05) is 17.3 Å². The average molecular weight is 353 g/mol. The number of rotatable bonds is 3. The lowest BCUT2D eigenvalue weighted by Gasteiger charge is -2.34. The van der Waals surface area contributed by atoms with E-state index in [0.717, 1.165) is 6.54 Å². The molecule has 2 N–H and O–H groups in total. The van der Waals surface area contributed by atoms with Gasteiger partial charge in [-0.2, -0.15) is 17.7 Å². The average Bonchev–Trinajstić information content (AvgIpc) is 2.64. The first-order chi connectivity index (χ1) is 10.9. The number of hydroxylamine groups is 2. The van der Waals surface area contributed by atoms with Crippen molar-refractivity contribution in [2.75, 3.05) is 6.54 Å². The fourth-order valence-electron chi connectivity index (χ4n) is 3.26. The maximum Gasteiger partial charge on any atom is 0.0665 e. The van der Waals surface area contributed by atoms with Crippen molar-refractivity contribution in [3.05, 3.63) is 34.9 Å². The molecule has 2 rings (SSSR count). The predicted octanol–water partition coefficient (Wildman–Crippen LogP) is 5.25. The zero-order valence-corrected chi connectivity index (χ0v) is 17.8. The summed E-state index contributed by atoms with van der Waals surface area (Å²) in [6.07, 6.45) is 0. The highest BCUT2D eigenvalue weighted by Gasteiger charge is 2.48. The molecule has 24 heavy (non-hydrogen) atoms. The Morgan fingerprint density at radius 2 is 1.58 bits per heavy atom. The number of benzene rings is 1. The van der Waals surface area contributed by atoms with Crippen molar-refractivity contribution in [3.63, 3.8) is 0 Å². The first-order valence-corrected chi connectivity index (χ1v) is 9.46. The third-order valence-electron chi connectivity index (χ3n) is 4.63. The van der Waals surface area contributed by atoms with Crippen LogP contribution in [-0.2, 0) is 11.1 Å². The topological polar surface area (TPSA) is 35.5 Å². The molecule has 1 atom stereocenters. The molecule has 0 aromatic heterocycles. The summed E-state index contributed by atoms with van der Waals surface area (Å²) in [5.41, 5.74) is 2.90. The zero-order valence-electron chi connectivity index (χ0n) is 16.9. The SMILES string of the molecule is CC.CC(C)(C)NCC(S)c1ccc2c(c1)C(C)(C)N(O)C2(C)C. The number of nitrogens with one attached hydrogen (secondary N) is 1. The molecule has 0 amide bonds. The van der Waals surface area contributed by atoms with Crippen LogP contribution >= 0.6 is 12.6 Å². The molecule has 0 bridgehead atoms. The third kappa shape index (κ3) is 4.16. The molecule has 1 aromatic rings. The number of hydrogen-bond acceptors (Lipinski definition) is 4. The standard InChI is InChI=1S/C18H30N2OS.C2H6/c1-16(2,3)19-11-15(22)12-8-9-13-14(10-12)18(6,7)20(21)17(13,4)5;1-2/h8-10,15,19,21-22H,11H2,1-7H3;1-2H3. The van der Waals surface area contributed by atoms with E-state index in [9.17, 15) is 5.21 Å². The molecule has 0 spiro atoms. The normalized spacial score (nSPS) is 20.1. The van der Waals surface area contributed by atoms with Crippen LogP contribution in [0.25, 0.3) is 0 Å². The summed E-state index contributed by atoms with van der Waals surface area (Å²) in [6, 6.07) is 6.48. The van der Waals surface area contributed by atoms with Gasteiger partial charge in [0.25, 0.3) is 0 Å². The fourth-order valence-corrected chi connectivity index (χ4v) is 3.51. The van der Waals surface area contributed by atoms with Crippen molar-refractivity contribution in [1.82, 2.24) is 10.4 Å². The number of fused-ring (bicyclic) bond motifs is 1. The smallest absolute Gasteiger partial charge is 0.0665 e. The fraction of sp³-hybridized carbons (Fsp3) is 0.700. The Balaban J connectivity index is 0.00000139. The first-order valence-electron chi connectivity index (χ1n) is 8.94. The summed E-state index contributed by atoms with van der Waals surface area (Å²) in [4.78, 5) is 0. The Bertz CT molecular complexity index is 561. The van der Waals surface area contributed by atoms with Gasteiger partial charge in [-0.25, -0.2) is 0 Å². The lowest BCUT2D eigenvalue weighted by molar-refractivity contribution is -0.216. The Morgan fingerprint density at radius 3 is 2.08 bits per heavy atom. The van der Waals surface area contributed by atoms with Crippen molar-refractivity contribution < 1.29 is 5.21 Å². The number of thiol groups is 1. The summed E-state index contributed by atoms with van der Waals surface area (Å²) >= 11 is 4.76. The van der Waals surface area contributed by atoms with Gasteiger partial charge in [-0.05, 0) is 65.2 Å². The molecule has 1 heterocycles. The Morgan fingerprint density at radius 1 is 1.08 bits per heavy atom. The summed E-state index contributed by atoms with van der Waals surface area (Å²) in [5.74, 6) is 0. The molecule has 1 unspecified atom stereocenters. The Labute approximate surface area is 154 Å². The molecule has 0 fully saturated rings. The summed E-state index contributed by atoms with van der Waals surface area (Å²) in [6.45, 7) is 19.5. The van der Waals surface area contributed by atoms with Crippen LogP contribution in [0.5, 0.6) is 0 Å². The molecule has 1 aromatic carbocycles. The lowest BCUT2D eigenvalue weighted by Crippen LogP contribution is -2.42. The largest absolute Gasteiger partial charge is 0.312 e. The minimum atomic E-state index is -0.389. The molecule has 0 saturated heterocycles. The van der Waals surface area contributed by atoms with Gasteiger partial charge in [0.1, 0.15) is 0 Å². The summed E-state index contributed by atoms with van der Waals surface area (Å²) in [7, 11) is 0. The number of hydrogen-bond donors (Lipinski definition) is 3. The zero-order chi connectivity index (χ0) is 18.9. The van der Waals surface area contributed by atoms with Crippen molar-refractivity contribution in [3.8, 4) is 0 Å². The van der Waals surface area contributed by atoms with Gasteiger partial charge < -0.3 is 10.5 Å². The first kappa shape index (κ1) is 21.5. The van der Waals surface area contributed by atoms with Gasteiger partial charge in [0.05, 0.1) is 11.1 Å². The van der Waals surface area contributed by atoms with Crippen molar-refractivity contribution in [2.45, 2.75) is 84.2 Å². The van der Waals surface area contributed by atoms with Crippen LogP contribution < -0.4 is 5.32 Å². The van der Waals surface area contributed by atoms with E-state index in [1.165, 1.54) is 21.8 Å². The minimum Gasteiger partial charge on any atom is -0.312 e. The second kappa shape index (κ2) is 7.36. The molecular weight excluding hydrogens is 316 g/mol. The van der Waals surface area contributed by atoms with Gasteiger partial charge >= 0.3 is 0 Å². The quantitative estimate of drug-likeness (QED) is 0.650. The molecule has 1 aliphatic rings. The highest BCUT2D eigenvalue weighted by Crippen LogP contribution is 2.48. The van der Waals surface area contributed by atoms with Gasteiger partial charge in [-0.3, -0.25) is 0 Å². The minimum absolute atomic E-state index is 0.0842. The highest BCUT2D eigenvalue weighted by molar-refractivity contribution is 7.80. The van der Waals surface area contributed by atoms with Crippen LogP contribution in [0, 0.1) is 0 Å². The monoisotopic (exact) mass is 352 g/mol. The van der Waals surface area contributed by atoms with E-state index in [1.54, 1.807) is 0 Å². The van der Waals surface area contributed by atoms with E-state index >= 15 is 0 Å². The Hall–Kier alpha value is -0.550. The molecule has 3 nitrogen and oxygen atoms in total. The Kier molecular flexibility index (Phi) is 6.60. The van der Waals surface area contributed by atoms with E-state index in [0.29, 0.717) is 0 Å². The maximum atomic E-state index is 10.5. The van der Waals surface area contributed by atoms with Crippen molar-refractivity contribution in [1.29, 1.82) is 0 Å². The predicted molar refractivity (Wildman–Crippen MR) is 107 cm³/mol. The lowest BCUT2D eigenvalue weighted by atomic mass is 9.88. The second-order valence-electron chi connectivity index (χ2n) is 8.38. The number of nitrogens with zero attached hydrogens (tertiary/aromatic N) is 1. The maximum absolute atomic E-state index is 10.5. The van der Waals surface area contributed by atoms with E-state index in [4.69, 9.17) is 12.6 Å². The highest BCUT2D eigenvalue weighted by atomic mass is 32.1. The molecule has 0 aliphatic carbocycles. The third-order valence-corrected chi connectivity index (χ3v) is 5.11. The molecule has 138 valence electrons. The molecular formula is C20H36N2OS. The molecule has 0 saturated carbocycles. The summed E-state index contributed by atoms with van der Waals surface area (Å²) in [5, 5.41) is 15.6. The van der Waals surface area contributed by atoms with Crippen LogP contribution in [-0.4, -0.2) is 22.4 Å². The van der Waals surface area contributed by atoms with E-state index in [2.05, 4.69) is 72.0 Å². The van der Waals surface area contributed by atoms with E-state index in [1.807, 2.05) is 13.8 Å². The summed E-state index contributed by atoms with van der Waals surface area (Å²) < 4.78 is 0. The molecule has 0 radical (unpaired) electrons. The van der Waals surface area contributed by atoms with Gasteiger partial charge in [-0.1, -0.05) is 32.0 Å². The van der Waals surface area contributed by atoms with E-state index in [-0.39, 0.29) is 21.9 Å². The van der Waals surface area contributed by atoms with Crippen LogP contribution in [0.15, 0.2) is 18.2 Å². The van der Waals surface area contributed by atoms with Crippen molar-refractivity contribution >= 4 is 12.6 Å².